The zero-order valence-corrected chi connectivity index (χ0v) is 16.1. The monoisotopic (exact) mass is 390 g/mol. The molecule has 3 rings (SSSR count). The highest BCUT2D eigenvalue weighted by molar-refractivity contribution is 7.92. The van der Waals surface area contributed by atoms with Gasteiger partial charge in [-0.25, -0.2) is 8.42 Å². The van der Waals surface area contributed by atoms with E-state index in [1.54, 1.807) is 37.3 Å². The third-order valence-corrected chi connectivity index (χ3v) is 5.63. The molecule has 1 amide bonds. The first-order valence-electron chi connectivity index (χ1n) is 8.10. The van der Waals surface area contributed by atoms with E-state index in [2.05, 4.69) is 5.32 Å². The van der Waals surface area contributed by atoms with Gasteiger partial charge in [0.25, 0.3) is 5.91 Å². The maximum Gasteiger partial charge on any atom is 0.251 e. The number of hydrogen-bond donors (Lipinski definition) is 1. The van der Waals surface area contributed by atoms with Crippen molar-refractivity contribution < 1.29 is 13.2 Å². The summed E-state index contributed by atoms with van der Waals surface area (Å²) in [5.41, 5.74) is 3.69. The van der Waals surface area contributed by atoms with Crippen molar-refractivity contribution in [3.05, 3.63) is 64.2 Å². The Morgan fingerprint density at radius 2 is 1.88 bits per heavy atom. The minimum Gasteiger partial charge on any atom is -0.322 e. The standard InChI is InChI=1S/C19H19ClN2O3S/c1-13(11-14-3-5-16(20)6-4-14)19(23)21-17-7-8-18-15(12-17)9-10-22(18)26(2,24)25/h3-8,11-12H,9-10H2,1-2H3,(H,21,23)/b13-11+. The van der Waals surface area contributed by atoms with Gasteiger partial charge in [0.05, 0.1) is 11.9 Å². The number of rotatable bonds is 4. The van der Waals surface area contributed by atoms with E-state index in [1.807, 2.05) is 18.2 Å². The number of carbonyl (C=O) groups is 1. The molecule has 136 valence electrons. The van der Waals surface area contributed by atoms with Crippen LogP contribution in [-0.4, -0.2) is 27.1 Å². The third kappa shape index (κ3) is 4.08. The van der Waals surface area contributed by atoms with E-state index in [-0.39, 0.29) is 5.91 Å². The Morgan fingerprint density at radius 1 is 1.19 bits per heavy atom. The summed E-state index contributed by atoms with van der Waals surface area (Å²) in [7, 11) is -3.28. The van der Waals surface area contributed by atoms with Crippen LogP contribution in [0.1, 0.15) is 18.1 Å². The largest absolute Gasteiger partial charge is 0.322 e. The summed E-state index contributed by atoms with van der Waals surface area (Å²) in [4.78, 5) is 12.4. The zero-order chi connectivity index (χ0) is 18.9. The number of fused-ring (bicyclic) bond motifs is 1. The molecular formula is C19H19ClN2O3S. The van der Waals surface area contributed by atoms with E-state index < -0.39 is 10.0 Å². The van der Waals surface area contributed by atoms with Crippen LogP contribution in [0, 0.1) is 0 Å². The maximum absolute atomic E-state index is 12.4. The smallest absolute Gasteiger partial charge is 0.251 e. The third-order valence-electron chi connectivity index (χ3n) is 4.20. The summed E-state index contributed by atoms with van der Waals surface area (Å²) < 4.78 is 25.0. The first-order valence-corrected chi connectivity index (χ1v) is 10.3. The topological polar surface area (TPSA) is 66.5 Å². The van der Waals surface area contributed by atoms with Crippen molar-refractivity contribution >= 4 is 45.0 Å². The van der Waals surface area contributed by atoms with E-state index >= 15 is 0 Å². The highest BCUT2D eigenvalue weighted by atomic mass is 35.5. The molecule has 0 saturated heterocycles. The van der Waals surface area contributed by atoms with Gasteiger partial charge in [-0.3, -0.25) is 9.10 Å². The van der Waals surface area contributed by atoms with Crippen molar-refractivity contribution in [3.8, 4) is 0 Å². The minimum absolute atomic E-state index is 0.210. The summed E-state index contributed by atoms with van der Waals surface area (Å²) in [6.45, 7) is 2.17. The van der Waals surface area contributed by atoms with Gasteiger partial charge in [0.15, 0.2) is 0 Å². The Balaban J connectivity index is 1.75. The van der Waals surface area contributed by atoms with Gasteiger partial charge < -0.3 is 5.32 Å². The Labute approximate surface area is 158 Å². The number of nitrogens with zero attached hydrogens (tertiary/aromatic N) is 1. The SMILES string of the molecule is C/C(=C\c1ccc(Cl)cc1)C(=O)Nc1ccc2c(c1)CCN2S(C)(=O)=O. The molecule has 26 heavy (non-hydrogen) atoms. The minimum atomic E-state index is -3.28. The van der Waals surface area contributed by atoms with Crippen molar-refractivity contribution in [1.82, 2.24) is 0 Å². The van der Waals surface area contributed by atoms with Crippen LogP contribution in [0.25, 0.3) is 6.08 Å². The van der Waals surface area contributed by atoms with Gasteiger partial charge in [-0.2, -0.15) is 0 Å². The fraction of sp³-hybridized carbons (Fsp3) is 0.211. The number of hydrogen-bond acceptors (Lipinski definition) is 3. The molecule has 0 spiro atoms. The summed E-state index contributed by atoms with van der Waals surface area (Å²) in [6, 6.07) is 12.5. The van der Waals surface area contributed by atoms with Crippen LogP contribution in [0.15, 0.2) is 48.0 Å². The highest BCUT2D eigenvalue weighted by Gasteiger charge is 2.26. The average molecular weight is 391 g/mol. The Morgan fingerprint density at radius 3 is 2.54 bits per heavy atom. The Hall–Kier alpha value is -2.31. The second-order valence-corrected chi connectivity index (χ2v) is 8.60. The number of nitrogens with one attached hydrogen (secondary N) is 1. The molecule has 7 heteroatoms. The summed E-state index contributed by atoms with van der Waals surface area (Å²) in [6.07, 6.45) is 3.61. The maximum atomic E-state index is 12.4. The second kappa shape index (κ2) is 7.13. The van der Waals surface area contributed by atoms with Crippen LogP contribution in [0.3, 0.4) is 0 Å². The van der Waals surface area contributed by atoms with E-state index in [1.165, 1.54) is 10.6 Å². The molecule has 0 radical (unpaired) electrons. The van der Waals surface area contributed by atoms with Crippen LogP contribution in [0.4, 0.5) is 11.4 Å². The lowest BCUT2D eigenvalue weighted by Crippen LogP contribution is -2.27. The molecule has 1 N–H and O–H groups in total. The van der Waals surface area contributed by atoms with Crippen LogP contribution in [-0.2, 0) is 21.2 Å². The molecule has 1 aliphatic rings. The predicted octanol–water partition coefficient (Wildman–Crippen LogP) is 3.70. The number of amides is 1. The molecule has 0 bridgehead atoms. The van der Waals surface area contributed by atoms with Gasteiger partial charge >= 0.3 is 0 Å². The van der Waals surface area contributed by atoms with Gasteiger partial charge in [0, 0.05) is 22.8 Å². The summed E-state index contributed by atoms with van der Waals surface area (Å²) >= 11 is 5.86. The molecule has 0 aromatic heterocycles. The second-order valence-electron chi connectivity index (χ2n) is 6.26. The molecule has 0 saturated carbocycles. The van der Waals surface area contributed by atoms with Crippen molar-refractivity contribution in [2.45, 2.75) is 13.3 Å². The molecule has 1 aliphatic heterocycles. The average Bonchev–Trinajstić information content (AvgIpc) is 3.00. The van der Waals surface area contributed by atoms with E-state index in [0.717, 1.165) is 11.1 Å². The van der Waals surface area contributed by atoms with E-state index in [9.17, 15) is 13.2 Å². The van der Waals surface area contributed by atoms with Crippen LogP contribution in [0.5, 0.6) is 0 Å². The van der Waals surface area contributed by atoms with Crippen LogP contribution < -0.4 is 9.62 Å². The Kier molecular flexibility index (Phi) is 5.07. The molecule has 0 aliphatic carbocycles. The first kappa shape index (κ1) is 18.5. The lowest BCUT2D eigenvalue weighted by atomic mass is 10.1. The van der Waals surface area contributed by atoms with E-state index in [4.69, 9.17) is 11.6 Å². The summed E-state index contributed by atoms with van der Waals surface area (Å²) in [5.74, 6) is -0.210. The molecule has 2 aromatic rings. The molecule has 0 atom stereocenters. The quantitative estimate of drug-likeness (QED) is 0.809. The molecule has 2 aromatic carbocycles. The zero-order valence-electron chi connectivity index (χ0n) is 14.5. The number of carbonyl (C=O) groups excluding carboxylic acids is 1. The lowest BCUT2D eigenvalue weighted by molar-refractivity contribution is -0.112. The van der Waals surface area contributed by atoms with Crippen molar-refractivity contribution in [1.29, 1.82) is 0 Å². The van der Waals surface area contributed by atoms with Gasteiger partial charge in [0.2, 0.25) is 10.0 Å². The van der Waals surface area contributed by atoms with Crippen LogP contribution in [0.2, 0.25) is 5.02 Å². The van der Waals surface area contributed by atoms with Gasteiger partial charge in [-0.05, 0) is 60.9 Å². The number of halogens is 1. The molecular weight excluding hydrogens is 372 g/mol. The predicted molar refractivity (Wildman–Crippen MR) is 106 cm³/mol. The Bertz CT molecular complexity index is 982. The molecule has 1 heterocycles. The number of anilines is 2. The lowest BCUT2D eigenvalue weighted by Gasteiger charge is -2.16. The van der Waals surface area contributed by atoms with Crippen LogP contribution >= 0.6 is 11.6 Å². The van der Waals surface area contributed by atoms with Crippen molar-refractivity contribution in [2.75, 3.05) is 22.4 Å². The fourth-order valence-corrected chi connectivity index (χ4v) is 3.98. The molecule has 0 fully saturated rings. The van der Waals surface area contributed by atoms with Gasteiger partial charge in [-0.1, -0.05) is 23.7 Å². The fourth-order valence-electron chi connectivity index (χ4n) is 2.90. The van der Waals surface area contributed by atoms with Crippen molar-refractivity contribution in [2.24, 2.45) is 0 Å². The normalized spacial score (nSPS) is 14.3. The highest BCUT2D eigenvalue weighted by Crippen LogP contribution is 2.32. The van der Waals surface area contributed by atoms with E-state index in [0.29, 0.717) is 34.9 Å². The van der Waals surface area contributed by atoms with Crippen molar-refractivity contribution in [3.63, 3.8) is 0 Å². The molecule has 0 unspecified atom stereocenters. The first-order chi connectivity index (χ1) is 12.2. The van der Waals surface area contributed by atoms with Gasteiger partial charge in [0.1, 0.15) is 0 Å². The van der Waals surface area contributed by atoms with Gasteiger partial charge in [-0.15, -0.1) is 0 Å². The number of sulfonamides is 1. The molecule has 5 nitrogen and oxygen atoms in total. The summed E-state index contributed by atoms with van der Waals surface area (Å²) in [5, 5.41) is 3.50. The number of benzene rings is 2.